The third-order valence-corrected chi connectivity index (χ3v) is 3.44. The molecule has 1 atom stereocenters. The Labute approximate surface area is 124 Å². The molecule has 0 saturated heterocycles. The van der Waals surface area contributed by atoms with Crippen LogP contribution < -0.4 is 0 Å². The van der Waals surface area contributed by atoms with Gasteiger partial charge in [-0.2, -0.15) is 13.2 Å². The summed E-state index contributed by atoms with van der Waals surface area (Å²) in [6.45, 7) is -0.316. The molecule has 0 aliphatic carbocycles. The van der Waals surface area contributed by atoms with E-state index >= 15 is 0 Å². The highest BCUT2D eigenvalue weighted by atomic mass is 35.5. The minimum atomic E-state index is -4.62. The number of aliphatic hydroxyl groups excluding tert-OH is 1. The molecule has 1 aromatic carbocycles. The summed E-state index contributed by atoms with van der Waals surface area (Å²) in [7, 11) is 3.29. The molecule has 0 aliphatic rings. The minimum Gasteiger partial charge on any atom is -0.382 e. The highest BCUT2D eigenvalue weighted by molar-refractivity contribution is 6.31. The molecule has 2 aromatic rings. The molecule has 1 aromatic heterocycles. The monoisotopic (exact) mass is 321 g/mol. The van der Waals surface area contributed by atoms with Crippen LogP contribution in [0.4, 0.5) is 13.2 Å². The summed E-state index contributed by atoms with van der Waals surface area (Å²) >= 11 is 5.89. The van der Waals surface area contributed by atoms with Gasteiger partial charge in [-0.25, -0.2) is 4.98 Å². The molecule has 21 heavy (non-hydrogen) atoms. The number of likely N-dealkylation sites (N-methyl/N-ethyl adjacent to an activating group) is 1. The Morgan fingerprint density at radius 3 is 2.71 bits per heavy atom. The summed E-state index contributed by atoms with van der Waals surface area (Å²) in [6.07, 6.45) is -6.99. The summed E-state index contributed by atoms with van der Waals surface area (Å²) in [5.41, 5.74) is 1.53. The predicted molar refractivity (Wildman–Crippen MR) is 74.1 cm³/mol. The van der Waals surface area contributed by atoms with Crippen LogP contribution in [0, 0.1) is 0 Å². The van der Waals surface area contributed by atoms with Gasteiger partial charge in [-0.1, -0.05) is 11.6 Å². The number of imidazole rings is 1. The molecule has 2 rings (SSSR count). The number of hydrogen-bond donors (Lipinski definition) is 1. The normalized spacial score (nSPS) is 14.1. The van der Waals surface area contributed by atoms with Gasteiger partial charge in [0.05, 0.1) is 17.6 Å². The van der Waals surface area contributed by atoms with Crippen LogP contribution in [0.15, 0.2) is 18.2 Å². The van der Waals surface area contributed by atoms with E-state index < -0.39 is 18.8 Å². The van der Waals surface area contributed by atoms with E-state index in [2.05, 4.69) is 4.98 Å². The van der Waals surface area contributed by atoms with E-state index in [4.69, 9.17) is 16.7 Å². The molecule has 1 unspecified atom stereocenters. The third-order valence-electron chi connectivity index (χ3n) is 3.21. The Kier molecular flexibility index (Phi) is 4.46. The number of fused-ring (bicyclic) bond motifs is 1. The van der Waals surface area contributed by atoms with E-state index in [0.717, 1.165) is 5.52 Å². The molecule has 4 nitrogen and oxygen atoms in total. The molecule has 1 heterocycles. The third kappa shape index (κ3) is 3.66. The van der Waals surface area contributed by atoms with Crippen molar-refractivity contribution in [3.63, 3.8) is 0 Å². The van der Waals surface area contributed by atoms with Crippen LogP contribution >= 0.6 is 11.6 Å². The van der Waals surface area contributed by atoms with Gasteiger partial charge in [0.25, 0.3) is 0 Å². The van der Waals surface area contributed by atoms with Gasteiger partial charge in [0.1, 0.15) is 5.82 Å². The molecule has 0 fully saturated rings. The van der Waals surface area contributed by atoms with E-state index in [1.54, 1.807) is 29.8 Å². The number of hydrogen-bond acceptors (Lipinski definition) is 3. The second-order valence-electron chi connectivity index (χ2n) is 4.97. The average Bonchev–Trinajstić information content (AvgIpc) is 2.64. The number of benzene rings is 1. The topological polar surface area (TPSA) is 41.3 Å². The van der Waals surface area contributed by atoms with E-state index in [1.165, 1.54) is 11.9 Å². The average molecular weight is 322 g/mol. The lowest BCUT2D eigenvalue weighted by atomic mass is 10.3. The lowest BCUT2D eigenvalue weighted by molar-refractivity contribution is -0.207. The van der Waals surface area contributed by atoms with E-state index in [9.17, 15) is 13.2 Å². The van der Waals surface area contributed by atoms with Gasteiger partial charge >= 0.3 is 6.18 Å². The molecular formula is C13H15ClF3N3O. The van der Waals surface area contributed by atoms with E-state index in [1.807, 2.05) is 0 Å². The molecule has 0 aliphatic heterocycles. The second-order valence-corrected chi connectivity index (χ2v) is 5.41. The zero-order chi connectivity index (χ0) is 15.8. The van der Waals surface area contributed by atoms with Gasteiger partial charge in [0.15, 0.2) is 6.10 Å². The number of aliphatic hydroxyl groups is 1. The summed E-state index contributed by atoms with van der Waals surface area (Å²) in [4.78, 5) is 5.73. The van der Waals surface area contributed by atoms with Crippen LogP contribution in [0.25, 0.3) is 11.0 Å². The van der Waals surface area contributed by atoms with Crippen molar-refractivity contribution in [3.8, 4) is 0 Å². The summed E-state index contributed by atoms with van der Waals surface area (Å²) < 4.78 is 38.8. The Hall–Kier alpha value is -1.31. The largest absolute Gasteiger partial charge is 0.415 e. The molecule has 1 N–H and O–H groups in total. The van der Waals surface area contributed by atoms with Crippen LogP contribution in [-0.2, 0) is 13.6 Å². The number of nitrogens with zero attached hydrogens (tertiary/aromatic N) is 3. The Bertz CT molecular complexity index is 641. The molecule has 0 saturated carbocycles. The second kappa shape index (κ2) is 5.82. The fourth-order valence-corrected chi connectivity index (χ4v) is 2.24. The quantitative estimate of drug-likeness (QED) is 0.941. The van der Waals surface area contributed by atoms with Gasteiger partial charge in [-0.3, -0.25) is 4.90 Å². The van der Waals surface area contributed by atoms with Crippen LogP contribution in [-0.4, -0.2) is 45.4 Å². The lowest BCUT2D eigenvalue weighted by Crippen LogP contribution is -2.39. The maximum atomic E-state index is 12.3. The van der Waals surface area contributed by atoms with Gasteiger partial charge in [0.2, 0.25) is 0 Å². The van der Waals surface area contributed by atoms with Gasteiger partial charge in [-0.05, 0) is 25.2 Å². The van der Waals surface area contributed by atoms with Crippen molar-refractivity contribution in [3.05, 3.63) is 29.0 Å². The van der Waals surface area contributed by atoms with Crippen molar-refractivity contribution in [1.29, 1.82) is 0 Å². The zero-order valence-electron chi connectivity index (χ0n) is 11.5. The van der Waals surface area contributed by atoms with Gasteiger partial charge < -0.3 is 9.67 Å². The van der Waals surface area contributed by atoms with Crippen molar-refractivity contribution < 1.29 is 18.3 Å². The van der Waals surface area contributed by atoms with Crippen LogP contribution in [0.1, 0.15) is 5.82 Å². The Morgan fingerprint density at radius 1 is 1.43 bits per heavy atom. The Balaban J connectivity index is 2.14. The van der Waals surface area contributed by atoms with E-state index in [0.29, 0.717) is 16.4 Å². The fourth-order valence-electron chi connectivity index (χ4n) is 2.07. The first kappa shape index (κ1) is 16.1. The van der Waals surface area contributed by atoms with E-state index in [-0.39, 0.29) is 6.54 Å². The minimum absolute atomic E-state index is 0.190. The smallest absolute Gasteiger partial charge is 0.382 e. The summed E-state index contributed by atoms with van der Waals surface area (Å²) in [6, 6.07) is 5.23. The Morgan fingerprint density at radius 2 is 2.10 bits per heavy atom. The molecule has 0 radical (unpaired) electrons. The highest BCUT2D eigenvalue weighted by Gasteiger charge is 2.38. The van der Waals surface area contributed by atoms with Crippen LogP contribution in [0.3, 0.4) is 0 Å². The first-order valence-electron chi connectivity index (χ1n) is 6.22. The van der Waals surface area contributed by atoms with Gasteiger partial charge in [0, 0.05) is 18.6 Å². The molecule has 0 spiro atoms. The number of aryl methyl sites for hydroxylation is 1. The van der Waals surface area contributed by atoms with Crippen molar-refractivity contribution in [1.82, 2.24) is 14.5 Å². The van der Waals surface area contributed by atoms with Crippen LogP contribution in [0.2, 0.25) is 5.02 Å². The van der Waals surface area contributed by atoms with Crippen molar-refractivity contribution >= 4 is 22.6 Å². The maximum absolute atomic E-state index is 12.3. The molecular weight excluding hydrogens is 307 g/mol. The predicted octanol–water partition coefficient (Wildman–Crippen LogP) is 2.58. The zero-order valence-corrected chi connectivity index (χ0v) is 12.3. The first-order chi connectivity index (χ1) is 9.68. The van der Waals surface area contributed by atoms with Crippen molar-refractivity contribution in [2.24, 2.45) is 7.05 Å². The molecule has 8 heteroatoms. The summed E-state index contributed by atoms with van der Waals surface area (Å²) in [5.74, 6) is 0.601. The number of halogens is 4. The van der Waals surface area contributed by atoms with Crippen molar-refractivity contribution in [2.75, 3.05) is 13.6 Å². The number of rotatable bonds is 4. The maximum Gasteiger partial charge on any atom is 0.415 e. The van der Waals surface area contributed by atoms with Crippen LogP contribution in [0.5, 0.6) is 0 Å². The summed E-state index contributed by atoms with van der Waals surface area (Å²) in [5, 5.41) is 9.62. The first-order valence-corrected chi connectivity index (χ1v) is 6.60. The SMILES string of the molecule is CN(Cc1nc2cc(Cl)ccc2n1C)CC(O)C(F)(F)F. The fraction of sp³-hybridized carbons (Fsp3) is 0.462. The van der Waals surface area contributed by atoms with Crippen molar-refractivity contribution in [2.45, 2.75) is 18.8 Å². The number of alkyl halides is 3. The molecule has 116 valence electrons. The molecule has 0 amide bonds. The standard InChI is InChI=1S/C13H15ClF3N3O/c1-19(6-11(21)13(15,16)17)7-12-18-9-5-8(14)3-4-10(9)20(12)2/h3-5,11,21H,6-7H2,1-2H3. The van der Waals surface area contributed by atoms with Gasteiger partial charge in [-0.15, -0.1) is 0 Å². The highest BCUT2D eigenvalue weighted by Crippen LogP contribution is 2.22. The molecule has 0 bridgehead atoms. The number of aromatic nitrogens is 2. The lowest BCUT2D eigenvalue weighted by Gasteiger charge is -2.21.